The zero-order chi connectivity index (χ0) is 23.0. The molecule has 9 heteroatoms. The number of nitrogens with zero attached hydrogens (tertiary/aromatic N) is 1. The van der Waals surface area contributed by atoms with Gasteiger partial charge in [0.2, 0.25) is 5.91 Å². The molecule has 0 radical (unpaired) electrons. The van der Waals surface area contributed by atoms with Crippen LogP contribution in [0.5, 0.6) is 5.75 Å². The Morgan fingerprint density at radius 1 is 1.10 bits per heavy atom. The maximum atomic E-state index is 12.4. The van der Waals surface area contributed by atoms with Crippen LogP contribution in [0.1, 0.15) is 24.1 Å². The monoisotopic (exact) mass is 428 g/mol. The van der Waals surface area contributed by atoms with Crippen LogP contribution in [0.2, 0.25) is 0 Å². The number of anilines is 2. The number of urea groups is 1. The summed E-state index contributed by atoms with van der Waals surface area (Å²) in [6, 6.07) is 11.7. The Hall–Kier alpha value is -3.59. The summed E-state index contributed by atoms with van der Waals surface area (Å²) in [6.07, 6.45) is 0. The third-order valence-electron chi connectivity index (χ3n) is 4.55. The van der Waals surface area contributed by atoms with E-state index in [4.69, 9.17) is 9.84 Å². The lowest BCUT2D eigenvalue weighted by molar-refractivity contribution is -0.138. The van der Waals surface area contributed by atoms with Crippen molar-refractivity contribution < 1.29 is 24.2 Å². The van der Waals surface area contributed by atoms with E-state index in [1.807, 2.05) is 25.1 Å². The number of ether oxygens (including phenoxy) is 1. The maximum absolute atomic E-state index is 12.4. The van der Waals surface area contributed by atoms with Gasteiger partial charge in [-0.2, -0.15) is 0 Å². The lowest BCUT2D eigenvalue weighted by Gasteiger charge is -2.24. The fourth-order valence-corrected chi connectivity index (χ4v) is 3.10. The number of carbonyl (C=O) groups excluding carboxylic acids is 2. The average molecular weight is 428 g/mol. The Morgan fingerprint density at radius 2 is 1.77 bits per heavy atom. The van der Waals surface area contributed by atoms with Gasteiger partial charge >= 0.3 is 12.0 Å². The van der Waals surface area contributed by atoms with Crippen LogP contribution in [0.15, 0.2) is 42.5 Å². The molecule has 0 aromatic heterocycles. The molecule has 0 saturated heterocycles. The molecule has 0 saturated carbocycles. The van der Waals surface area contributed by atoms with Crippen molar-refractivity contribution in [2.75, 3.05) is 37.9 Å². The number of hydrogen-bond donors (Lipinski definition) is 4. The third-order valence-corrected chi connectivity index (χ3v) is 4.55. The molecule has 166 valence electrons. The first-order valence-electron chi connectivity index (χ1n) is 9.68. The van der Waals surface area contributed by atoms with E-state index in [0.29, 0.717) is 22.7 Å². The molecule has 0 aliphatic heterocycles. The summed E-state index contributed by atoms with van der Waals surface area (Å²) >= 11 is 0. The Labute approximate surface area is 181 Å². The molecular formula is C22H28N4O5. The number of nitrogens with one attached hydrogen (secondary N) is 3. The molecule has 1 unspecified atom stereocenters. The van der Waals surface area contributed by atoms with Gasteiger partial charge in [-0.05, 0) is 43.3 Å². The Morgan fingerprint density at radius 3 is 2.39 bits per heavy atom. The SMILES string of the molecule is COc1cc(C(CN(C)CC(=O)O)NC(C)=O)ccc1NC(=O)Nc1ccccc1C. The number of carbonyl (C=O) groups is 3. The van der Waals surface area contributed by atoms with Crippen molar-refractivity contribution in [3.63, 3.8) is 0 Å². The molecule has 0 fully saturated rings. The van der Waals surface area contributed by atoms with Crippen LogP contribution < -0.4 is 20.7 Å². The summed E-state index contributed by atoms with van der Waals surface area (Å²) in [6.45, 7) is 3.42. The molecule has 2 aromatic carbocycles. The number of methoxy groups -OCH3 is 1. The van der Waals surface area contributed by atoms with E-state index in [-0.39, 0.29) is 19.0 Å². The number of carboxylic acid groups (broad SMARTS) is 1. The number of rotatable bonds is 9. The van der Waals surface area contributed by atoms with Gasteiger partial charge in [0, 0.05) is 19.2 Å². The van der Waals surface area contributed by atoms with Gasteiger partial charge in [0.25, 0.3) is 0 Å². The zero-order valence-corrected chi connectivity index (χ0v) is 18.1. The standard InChI is InChI=1S/C22H28N4O5/c1-14-7-5-6-8-17(14)24-22(30)25-18-10-9-16(11-20(18)31-4)19(23-15(2)27)12-26(3)13-21(28)29/h5-11,19H,12-13H2,1-4H3,(H,23,27)(H,28,29)(H2,24,25,30). The summed E-state index contributed by atoms with van der Waals surface area (Å²) in [5.41, 5.74) is 2.80. The molecule has 0 aliphatic carbocycles. The van der Waals surface area contributed by atoms with Gasteiger partial charge in [0.15, 0.2) is 0 Å². The normalized spacial score (nSPS) is 11.5. The summed E-state index contributed by atoms with van der Waals surface area (Å²) in [7, 11) is 3.14. The molecule has 2 aromatic rings. The second kappa shape index (κ2) is 11.0. The molecule has 31 heavy (non-hydrogen) atoms. The number of benzene rings is 2. The van der Waals surface area contributed by atoms with Gasteiger partial charge < -0.3 is 25.8 Å². The number of aliphatic carboxylic acids is 1. The minimum atomic E-state index is -0.958. The lowest BCUT2D eigenvalue weighted by Crippen LogP contribution is -2.37. The first-order valence-corrected chi connectivity index (χ1v) is 9.68. The molecule has 4 N–H and O–H groups in total. The number of likely N-dealkylation sites (N-methyl/N-ethyl adjacent to an activating group) is 1. The van der Waals surface area contributed by atoms with Gasteiger partial charge in [0.1, 0.15) is 5.75 Å². The molecule has 0 bridgehead atoms. The molecular weight excluding hydrogens is 400 g/mol. The smallest absolute Gasteiger partial charge is 0.323 e. The van der Waals surface area contributed by atoms with Crippen molar-refractivity contribution in [1.29, 1.82) is 0 Å². The van der Waals surface area contributed by atoms with Crippen molar-refractivity contribution >= 4 is 29.3 Å². The number of carboxylic acids is 1. The minimum Gasteiger partial charge on any atom is -0.495 e. The van der Waals surface area contributed by atoms with Crippen LogP contribution in [-0.4, -0.2) is 55.2 Å². The summed E-state index contributed by atoms with van der Waals surface area (Å²) in [5.74, 6) is -0.790. The van der Waals surface area contributed by atoms with Crippen LogP contribution >= 0.6 is 0 Å². The number of para-hydroxylation sites is 1. The van der Waals surface area contributed by atoms with Crippen LogP contribution in [0, 0.1) is 6.92 Å². The van der Waals surface area contributed by atoms with E-state index < -0.39 is 18.0 Å². The first kappa shape index (κ1) is 23.7. The van der Waals surface area contributed by atoms with E-state index in [1.165, 1.54) is 14.0 Å². The number of aryl methyl sites for hydroxylation is 1. The average Bonchev–Trinajstić information content (AvgIpc) is 2.68. The topological polar surface area (TPSA) is 120 Å². The second-order valence-corrected chi connectivity index (χ2v) is 7.20. The zero-order valence-electron chi connectivity index (χ0n) is 18.1. The van der Waals surface area contributed by atoms with E-state index in [1.54, 1.807) is 36.2 Å². The van der Waals surface area contributed by atoms with Crippen LogP contribution in [0.4, 0.5) is 16.2 Å². The second-order valence-electron chi connectivity index (χ2n) is 7.20. The molecule has 0 heterocycles. The Bertz CT molecular complexity index is 947. The highest BCUT2D eigenvalue weighted by Gasteiger charge is 2.19. The van der Waals surface area contributed by atoms with Gasteiger partial charge in [0.05, 0.1) is 25.4 Å². The summed E-state index contributed by atoms with van der Waals surface area (Å²) < 4.78 is 5.42. The molecule has 0 spiro atoms. The number of amides is 3. The minimum absolute atomic E-state index is 0.161. The predicted molar refractivity (Wildman–Crippen MR) is 119 cm³/mol. The summed E-state index contributed by atoms with van der Waals surface area (Å²) in [5, 5.41) is 17.4. The molecule has 0 aliphatic rings. The molecule has 1 atom stereocenters. The van der Waals surface area contributed by atoms with Gasteiger partial charge in [-0.3, -0.25) is 14.5 Å². The Balaban J connectivity index is 2.19. The molecule has 9 nitrogen and oxygen atoms in total. The number of hydrogen-bond acceptors (Lipinski definition) is 5. The largest absolute Gasteiger partial charge is 0.495 e. The first-order chi connectivity index (χ1) is 14.7. The highest BCUT2D eigenvalue weighted by atomic mass is 16.5. The highest BCUT2D eigenvalue weighted by molar-refractivity contribution is 6.01. The van der Waals surface area contributed by atoms with E-state index in [2.05, 4.69) is 16.0 Å². The van der Waals surface area contributed by atoms with Gasteiger partial charge in [-0.25, -0.2) is 4.79 Å². The van der Waals surface area contributed by atoms with Crippen molar-refractivity contribution in [3.8, 4) is 5.75 Å². The molecule has 2 rings (SSSR count). The maximum Gasteiger partial charge on any atom is 0.323 e. The van der Waals surface area contributed by atoms with Crippen molar-refractivity contribution in [1.82, 2.24) is 10.2 Å². The molecule has 3 amide bonds. The van der Waals surface area contributed by atoms with E-state index in [9.17, 15) is 14.4 Å². The van der Waals surface area contributed by atoms with Crippen LogP contribution in [-0.2, 0) is 9.59 Å². The summed E-state index contributed by atoms with van der Waals surface area (Å²) in [4.78, 5) is 36.6. The third kappa shape index (κ3) is 7.31. The fourth-order valence-electron chi connectivity index (χ4n) is 3.10. The van der Waals surface area contributed by atoms with Crippen LogP contribution in [0.25, 0.3) is 0 Å². The van der Waals surface area contributed by atoms with Crippen molar-refractivity contribution in [2.24, 2.45) is 0 Å². The van der Waals surface area contributed by atoms with Crippen molar-refractivity contribution in [2.45, 2.75) is 19.9 Å². The Kier molecular flexibility index (Phi) is 8.39. The quantitative estimate of drug-likeness (QED) is 0.488. The van der Waals surface area contributed by atoms with E-state index in [0.717, 1.165) is 5.56 Å². The highest BCUT2D eigenvalue weighted by Crippen LogP contribution is 2.29. The van der Waals surface area contributed by atoms with Crippen molar-refractivity contribution in [3.05, 3.63) is 53.6 Å². The lowest BCUT2D eigenvalue weighted by atomic mass is 10.0. The fraction of sp³-hybridized carbons (Fsp3) is 0.318. The predicted octanol–water partition coefficient (Wildman–Crippen LogP) is 2.84. The van der Waals surface area contributed by atoms with Crippen LogP contribution in [0.3, 0.4) is 0 Å². The van der Waals surface area contributed by atoms with E-state index >= 15 is 0 Å². The van der Waals surface area contributed by atoms with Gasteiger partial charge in [-0.15, -0.1) is 0 Å². The van der Waals surface area contributed by atoms with Gasteiger partial charge in [-0.1, -0.05) is 24.3 Å².